The standard InChI is InChI=1S/C15H16O5S/c1-21(17,18)14-12(11-5-3-2-4-6-11)20-15(16)13(14)19-9-10-7-8-10/h2-6,10,12H,7-9H2,1H3. The molecule has 1 heterocycles. The molecule has 1 aromatic carbocycles. The summed E-state index contributed by atoms with van der Waals surface area (Å²) in [4.78, 5) is 11.9. The van der Waals surface area contributed by atoms with Gasteiger partial charge in [-0.1, -0.05) is 30.3 Å². The maximum Gasteiger partial charge on any atom is 0.375 e. The summed E-state index contributed by atoms with van der Waals surface area (Å²) < 4.78 is 34.8. The normalized spacial score (nSPS) is 22.3. The van der Waals surface area contributed by atoms with Crippen LogP contribution in [0.15, 0.2) is 41.0 Å². The molecule has 21 heavy (non-hydrogen) atoms. The number of carbonyl (C=O) groups excluding carboxylic acids is 1. The zero-order valence-electron chi connectivity index (χ0n) is 11.6. The quantitative estimate of drug-likeness (QED) is 0.778. The van der Waals surface area contributed by atoms with Crippen molar-refractivity contribution in [3.05, 3.63) is 46.6 Å². The van der Waals surface area contributed by atoms with E-state index < -0.39 is 21.9 Å². The molecule has 0 N–H and O–H groups in total. The zero-order chi connectivity index (χ0) is 15.0. The van der Waals surface area contributed by atoms with Crippen molar-refractivity contribution in [1.82, 2.24) is 0 Å². The lowest BCUT2D eigenvalue weighted by Gasteiger charge is -2.12. The summed E-state index contributed by atoms with van der Waals surface area (Å²) >= 11 is 0. The van der Waals surface area contributed by atoms with E-state index in [1.165, 1.54) is 0 Å². The second-order valence-electron chi connectivity index (χ2n) is 5.42. The van der Waals surface area contributed by atoms with Gasteiger partial charge >= 0.3 is 5.97 Å². The van der Waals surface area contributed by atoms with Gasteiger partial charge in [-0.05, 0) is 24.3 Å². The van der Waals surface area contributed by atoms with E-state index in [1.54, 1.807) is 24.3 Å². The van der Waals surface area contributed by atoms with Gasteiger partial charge in [0.25, 0.3) is 0 Å². The summed E-state index contributed by atoms with van der Waals surface area (Å²) in [6.45, 7) is 0.366. The molecule has 0 spiro atoms. The average Bonchev–Trinajstić information content (AvgIpc) is 3.19. The van der Waals surface area contributed by atoms with Crippen LogP contribution in [-0.4, -0.2) is 27.2 Å². The number of hydrogen-bond donors (Lipinski definition) is 0. The Hall–Kier alpha value is -1.82. The number of carbonyl (C=O) groups is 1. The highest BCUT2D eigenvalue weighted by molar-refractivity contribution is 7.94. The fourth-order valence-corrected chi connectivity index (χ4v) is 3.31. The molecule has 2 aliphatic rings. The third-order valence-corrected chi connectivity index (χ3v) is 4.73. The van der Waals surface area contributed by atoms with E-state index in [0.717, 1.165) is 19.1 Å². The van der Waals surface area contributed by atoms with Gasteiger partial charge in [-0.15, -0.1) is 0 Å². The van der Waals surface area contributed by atoms with E-state index in [1.807, 2.05) is 6.07 Å². The van der Waals surface area contributed by atoms with Gasteiger partial charge in [-0.2, -0.15) is 0 Å². The van der Waals surface area contributed by atoms with E-state index in [9.17, 15) is 13.2 Å². The molecule has 1 atom stereocenters. The first kappa shape index (κ1) is 14.1. The van der Waals surface area contributed by atoms with Crippen LogP contribution in [0.25, 0.3) is 0 Å². The summed E-state index contributed by atoms with van der Waals surface area (Å²) in [7, 11) is -3.60. The van der Waals surface area contributed by atoms with E-state index in [4.69, 9.17) is 9.47 Å². The van der Waals surface area contributed by atoms with Crippen LogP contribution in [0.5, 0.6) is 0 Å². The predicted molar refractivity (Wildman–Crippen MR) is 75.8 cm³/mol. The minimum absolute atomic E-state index is 0.0700. The lowest BCUT2D eigenvalue weighted by Crippen LogP contribution is -2.11. The molecule has 112 valence electrons. The molecule has 0 aromatic heterocycles. The Morgan fingerprint density at radius 2 is 1.90 bits per heavy atom. The second-order valence-corrected chi connectivity index (χ2v) is 7.40. The largest absolute Gasteiger partial charge is 0.485 e. The molecule has 1 saturated carbocycles. The van der Waals surface area contributed by atoms with Crippen LogP contribution in [0, 0.1) is 5.92 Å². The minimum atomic E-state index is -3.60. The molecule has 1 aromatic rings. The van der Waals surface area contributed by atoms with Gasteiger partial charge in [0.2, 0.25) is 5.76 Å². The topological polar surface area (TPSA) is 69.7 Å². The Morgan fingerprint density at radius 3 is 2.48 bits per heavy atom. The van der Waals surface area contributed by atoms with Crippen LogP contribution in [0.2, 0.25) is 0 Å². The Labute approximate surface area is 123 Å². The fourth-order valence-electron chi connectivity index (χ4n) is 2.26. The monoisotopic (exact) mass is 308 g/mol. The number of esters is 1. The lowest BCUT2D eigenvalue weighted by atomic mass is 10.1. The van der Waals surface area contributed by atoms with Crippen molar-refractivity contribution in [2.45, 2.75) is 18.9 Å². The number of sulfone groups is 1. The third kappa shape index (κ3) is 2.95. The van der Waals surface area contributed by atoms with Crippen molar-refractivity contribution in [2.75, 3.05) is 12.9 Å². The summed E-state index contributed by atoms with van der Waals surface area (Å²) in [6.07, 6.45) is 2.26. The molecule has 6 heteroatoms. The highest BCUT2D eigenvalue weighted by Gasteiger charge is 2.42. The first-order chi connectivity index (χ1) is 9.97. The summed E-state index contributed by atoms with van der Waals surface area (Å²) in [5.74, 6) is -0.440. The van der Waals surface area contributed by atoms with Crippen LogP contribution in [-0.2, 0) is 24.1 Å². The molecule has 1 fully saturated rings. The fraction of sp³-hybridized carbons (Fsp3) is 0.400. The van der Waals surface area contributed by atoms with E-state index in [-0.39, 0.29) is 10.7 Å². The summed E-state index contributed by atoms with van der Waals surface area (Å²) in [6, 6.07) is 8.81. The number of hydrogen-bond acceptors (Lipinski definition) is 5. The molecular weight excluding hydrogens is 292 g/mol. The molecule has 0 saturated heterocycles. The van der Waals surface area contributed by atoms with Crippen molar-refractivity contribution in [1.29, 1.82) is 0 Å². The van der Waals surface area contributed by atoms with E-state index >= 15 is 0 Å². The van der Waals surface area contributed by atoms with Crippen LogP contribution >= 0.6 is 0 Å². The highest BCUT2D eigenvalue weighted by atomic mass is 32.2. The molecule has 3 rings (SSSR count). The Balaban J connectivity index is 1.99. The zero-order valence-corrected chi connectivity index (χ0v) is 12.4. The second kappa shape index (κ2) is 5.18. The molecule has 1 aliphatic carbocycles. The number of ether oxygens (including phenoxy) is 2. The van der Waals surface area contributed by atoms with Crippen LogP contribution in [0.4, 0.5) is 0 Å². The van der Waals surface area contributed by atoms with E-state index in [2.05, 4.69) is 0 Å². The van der Waals surface area contributed by atoms with Crippen molar-refractivity contribution in [3.63, 3.8) is 0 Å². The van der Waals surface area contributed by atoms with Gasteiger partial charge in [0, 0.05) is 6.26 Å². The van der Waals surface area contributed by atoms with Gasteiger partial charge in [0.05, 0.1) is 6.61 Å². The van der Waals surface area contributed by atoms with Crippen LogP contribution in [0.3, 0.4) is 0 Å². The minimum Gasteiger partial charge on any atom is -0.485 e. The summed E-state index contributed by atoms with van der Waals surface area (Å²) in [5.41, 5.74) is 0.622. The Kier molecular flexibility index (Phi) is 3.49. The molecule has 0 radical (unpaired) electrons. The lowest BCUT2D eigenvalue weighted by molar-refractivity contribution is -0.143. The first-order valence-electron chi connectivity index (χ1n) is 6.80. The van der Waals surface area contributed by atoms with Crippen molar-refractivity contribution in [2.24, 2.45) is 5.92 Å². The van der Waals surface area contributed by atoms with Gasteiger partial charge in [0.1, 0.15) is 4.91 Å². The summed E-state index contributed by atoms with van der Waals surface area (Å²) in [5, 5.41) is 0. The molecule has 5 nitrogen and oxygen atoms in total. The van der Waals surface area contributed by atoms with Crippen molar-refractivity contribution in [3.8, 4) is 0 Å². The van der Waals surface area contributed by atoms with Crippen molar-refractivity contribution < 1.29 is 22.7 Å². The maximum atomic E-state index is 12.1. The highest BCUT2D eigenvalue weighted by Crippen LogP contribution is 2.39. The molecule has 0 amide bonds. The van der Waals surface area contributed by atoms with Gasteiger partial charge in [-0.3, -0.25) is 0 Å². The smallest absolute Gasteiger partial charge is 0.375 e. The number of rotatable bonds is 5. The van der Waals surface area contributed by atoms with Crippen LogP contribution < -0.4 is 0 Å². The molecular formula is C15H16O5S. The first-order valence-corrected chi connectivity index (χ1v) is 8.69. The number of benzene rings is 1. The van der Waals surface area contributed by atoms with Gasteiger partial charge in [-0.25, -0.2) is 13.2 Å². The number of cyclic esters (lactones) is 1. The average molecular weight is 308 g/mol. The SMILES string of the molecule is CS(=O)(=O)C1=C(OCC2CC2)C(=O)OC1c1ccccc1. The Morgan fingerprint density at radius 1 is 1.24 bits per heavy atom. The molecule has 1 aliphatic heterocycles. The Bertz CT molecular complexity index is 686. The van der Waals surface area contributed by atoms with Gasteiger partial charge < -0.3 is 9.47 Å². The van der Waals surface area contributed by atoms with Crippen LogP contribution in [0.1, 0.15) is 24.5 Å². The third-order valence-electron chi connectivity index (χ3n) is 3.53. The van der Waals surface area contributed by atoms with Gasteiger partial charge in [0.15, 0.2) is 15.9 Å². The molecule has 0 bridgehead atoms. The van der Waals surface area contributed by atoms with Crippen molar-refractivity contribution >= 4 is 15.8 Å². The maximum absolute atomic E-state index is 12.1. The van der Waals surface area contributed by atoms with E-state index in [0.29, 0.717) is 18.1 Å². The molecule has 1 unspecified atom stereocenters. The predicted octanol–water partition coefficient (Wildman–Crippen LogP) is 1.97.